The number of urea groups is 1. The zero-order valence-corrected chi connectivity index (χ0v) is 12.4. The summed E-state index contributed by atoms with van der Waals surface area (Å²) in [6.07, 6.45) is 7.00. The van der Waals surface area contributed by atoms with E-state index in [9.17, 15) is 9.59 Å². The molecule has 2 fully saturated rings. The lowest BCUT2D eigenvalue weighted by Crippen LogP contribution is -2.53. The van der Waals surface area contributed by atoms with E-state index in [-0.39, 0.29) is 11.9 Å². The average Bonchev–Trinajstić information content (AvgIpc) is 2.47. The maximum absolute atomic E-state index is 12.7. The SMILES string of the molecule is CCCC1CCCCN1C(=O)N1CCC[C@@H](C(=O)O)C1. The van der Waals surface area contributed by atoms with Crippen molar-refractivity contribution in [2.75, 3.05) is 19.6 Å². The minimum atomic E-state index is -0.772. The number of nitrogens with zero attached hydrogens (tertiary/aromatic N) is 2. The molecule has 0 aromatic carbocycles. The summed E-state index contributed by atoms with van der Waals surface area (Å²) in [4.78, 5) is 27.5. The van der Waals surface area contributed by atoms with Crippen LogP contribution in [0.3, 0.4) is 0 Å². The molecule has 5 nitrogen and oxygen atoms in total. The molecule has 2 rings (SSSR count). The second-order valence-corrected chi connectivity index (χ2v) is 6.04. The highest BCUT2D eigenvalue weighted by atomic mass is 16.4. The van der Waals surface area contributed by atoms with Crippen LogP contribution in [0.2, 0.25) is 0 Å². The number of hydrogen-bond acceptors (Lipinski definition) is 2. The average molecular weight is 282 g/mol. The Hall–Kier alpha value is -1.26. The fraction of sp³-hybridized carbons (Fsp3) is 0.867. The van der Waals surface area contributed by atoms with Gasteiger partial charge in [-0.1, -0.05) is 13.3 Å². The van der Waals surface area contributed by atoms with Gasteiger partial charge in [0, 0.05) is 25.7 Å². The molecule has 2 heterocycles. The number of amides is 2. The van der Waals surface area contributed by atoms with Crippen LogP contribution >= 0.6 is 0 Å². The molecule has 2 aliphatic heterocycles. The highest BCUT2D eigenvalue weighted by Gasteiger charge is 2.33. The standard InChI is InChI=1S/C15H26N2O3/c1-2-6-13-8-3-4-10-17(13)15(20)16-9-5-7-12(11-16)14(18)19/h12-13H,2-11H2,1H3,(H,18,19)/t12-,13?/m1/s1. The third kappa shape index (κ3) is 3.44. The van der Waals surface area contributed by atoms with Crippen LogP contribution in [0.5, 0.6) is 0 Å². The van der Waals surface area contributed by atoms with Gasteiger partial charge in [-0.15, -0.1) is 0 Å². The predicted octanol–water partition coefficient (Wildman–Crippen LogP) is 2.56. The maximum Gasteiger partial charge on any atom is 0.320 e. The molecule has 0 aliphatic carbocycles. The highest BCUT2D eigenvalue weighted by molar-refractivity contribution is 5.77. The second-order valence-electron chi connectivity index (χ2n) is 6.04. The van der Waals surface area contributed by atoms with E-state index in [0.717, 1.165) is 38.6 Å². The van der Waals surface area contributed by atoms with Crippen LogP contribution in [0.25, 0.3) is 0 Å². The summed E-state index contributed by atoms with van der Waals surface area (Å²) in [5.41, 5.74) is 0. The summed E-state index contributed by atoms with van der Waals surface area (Å²) in [5, 5.41) is 9.13. The molecular formula is C15H26N2O3. The van der Waals surface area contributed by atoms with Crippen LogP contribution in [-0.4, -0.2) is 52.6 Å². The Morgan fingerprint density at radius 2 is 1.95 bits per heavy atom. The molecule has 0 aromatic heterocycles. The van der Waals surface area contributed by atoms with Crippen molar-refractivity contribution in [3.8, 4) is 0 Å². The van der Waals surface area contributed by atoms with E-state index in [4.69, 9.17) is 5.11 Å². The van der Waals surface area contributed by atoms with Crippen molar-refractivity contribution in [2.45, 2.75) is 57.9 Å². The molecular weight excluding hydrogens is 256 g/mol. The van der Waals surface area contributed by atoms with Crippen LogP contribution in [0, 0.1) is 5.92 Å². The molecule has 0 radical (unpaired) electrons. The predicted molar refractivity (Wildman–Crippen MR) is 76.6 cm³/mol. The van der Waals surface area contributed by atoms with Crippen LogP contribution < -0.4 is 0 Å². The van der Waals surface area contributed by atoms with Gasteiger partial charge in [-0.05, 0) is 38.5 Å². The van der Waals surface area contributed by atoms with Crippen LogP contribution in [0.1, 0.15) is 51.9 Å². The van der Waals surface area contributed by atoms with E-state index < -0.39 is 5.97 Å². The lowest BCUT2D eigenvalue weighted by atomic mass is 9.97. The van der Waals surface area contributed by atoms with Crippen molar-refractivity contribution >= 4 is 12.0 Å². The summed E-state index contributed by atoms with van der Waals surface area (Å²) in [5.74, 6) is -1.16. The molecule has 5 heteroatoms. The molecule has 0 saturated carbocycles. The van der Waals surface area contributed by atoms with Gasteiger partial charge < -0.3 is 14.9 Å². The topological polar surface area (TPSA) is 60.9 Å². The maximum atomic E-state index is 12.7. The van der Waals surface area contributed by atoms with E-state index in [1.165, 1.54) is 6.42 Å². The minimum Gasteiger partial charge on any atom is -0.481 e. The van der Waals surface area contributed by atoms with Crippen molar-refractivity contribution in [3.05, 3.63) is 0 Å². The smallest absolute Gasteiger partial charge is 0.320 e. The molecule has 2 saturated heterocycles. The normalized spacial score (nSPS) is 27.4. The number of hydrogen-bond donors (Lipinski definition) is 1. The zero-order valence-electron chi connectivity index (χ0n) is 12.4. The van der Waals surface area contributed by atoms with Gasteiger partial charge in [-0.3, -0.25) is 4.79 Å². The van der Waals surface area contributed by atoms with E-state index in [2.05, 4.69) is 6.92 Å². The molecule has 1 unspecified atom stereocenters. The number of piperidine rings is 2. The van der Waals surface area contributed by atoms with Crippen LogP contribution in [0.4, 0.5) is 4.79 Å². The van der Waals surface area contributed by atoms with Gasteiger partial charge in [0.1, 0.15) is 0 Å². The Bertz CT molecular complexity index is 357. The lowest BCUT2D eigenvalue weighted by molar-refractivity contribution is -0.143. The minimum absolute atomic E-state index is 0.0640. The first kappa shape index (κ1) is 15.1. The van der Waals surface area contributed by atoms with E-state index in [0.29, 0.717) is 25.6 Å². The van der Waals surface area contributed by atoms with E-state index >= 15 is 0 Å². The Balaban J connectivity index is 1.99. The van der Waals surface area contributed by atoms with Gasteiger partial charge in [0.05, 0.1) is 5.92 Å². The first-order chi connectivity index (χ1) is 9.63. The third-order valence-corrected chi connectivity index (χ3v) is 4.54. The van der Waals surface area contributed by atoms with Crippen molar-refractivity contribution in [1.82, 2.24) is 9.80 Å². The first-order valence-electron chi connectivity index (χ1n) is 7.91. The molecule has 0 bridgehead atoms. The monoisotopic (exact) mass is 282 g/mol. The fourth-order valence-corrected chi connectivity index (χ4v) is 3.42. The van der Waals surface area contributed by atoms with Crippen LogP contribution in [-0.2, 0) is 4.79 Å². The fourth-order valence-electron chi connectivity index (χ4n) is 3.42. The first-order valence-corrected chi connectivity index (χ1v) is 7.91. The number of likely N-dealkylation sites (tertiary alicyclic amines) is 2. The number of carbonyl (C=O) groups is 2. The Morgan fingerprint density at radius 1 is 1.15 bits per heavy atom. The molecule has 2 atom stereocenters. The number of aliphatic carboxylic acids is 1. The summed E-state index contributed by atoms with van der Waals surface area (Å²) >= 11 is 0. The summed E-state index contributed by atoms with van der Waals surface area (Å²) in [6, 6.07) is 0.417. The zero-order chi connectivity index (χ0) is 14.5. The van der Waals surface area contributed by atoms with Crippen molar-refractivity contribution in [1.29, 1.82) is 0 Å². The lowest BCUT2D eigenvalue weighted by Gasteiger charge is -2.41. The summed E-state index contributed by atoms with van der Waals surface area (Å²) < 4.78 is 0. The second kappa shape index (κ2) is 6.95. The Labute approximate surface area is 120 Å². The van der Waals surface area contributed by atoms with Crippen LogP contribution in [0.15, 0.2) is 0 Å². The van der Waals surface area contributed by atoms with Gasteiger partial charge in [0.2, 0.25) is 0 Å². The third-order valence-electron chi connectivity index (χ3n) is 4.54. The largest absolute Gasteiger partial charge is 0.481 e. The summed E-state index contributed by atoms with van der Waals surface area (Å²) in [7, 11) is 0. The van der Waals surface area contributed by atoms with Gasteiger partial charge in [-0.2, -0.15) is 0 Å². The number of carboxylic acids is 1. The Morgan fingerprint density at radius 3 is 2.65 bits per heavy atom. The van der Waals surface area contributed by atoms with Crippen molar-refractivity contribution < 1.29 is 14.7 Å². The number of rotatable bonds is 3. The number of carboxylic acid groups (broad SMARTS) is 1. The van der Waals surface area contributed by atoms with Gasteiger partial charge in [0.15, 0.2) is 0 Å². The Kier molecular flexibility index (Phi) is 5.26. The number of carbonyl (C=O) groups excluding carboxylic acids is 1. The molecule has 0 aromatic rings. The molecule has 2 aliphatic rings. The van der Waals surface area contributed by atoms with Gasteiger partial charge in [-0.25, -0.2) is 4.79 Å². The molecule has 114 valence electrons. The molecule has 2 amide bonds. The molecule has 0 spiro atoms. The van der Waals surface area contributed by atoms with E-state index in [1.54, 1.807) is 4.90 Å². The molecule has 20 heavy (non-hydrogen) atoms. The summed E-state index contributed by atoms with van der Waals surface area (Å²) in [6.45, 7) is 4.07. The quantitative estimate of drug-likeness (QED) is 0.865. The van der Waals surface area contributed by atoms with E-state index in [1.807, 2.05) is 4.90 Å². The van der Waals surface area contributed by atoms with Crippen molar-refractivity contribution in [2.24, 2.45) is 5.92 Å². The van der Waals surface area contributed by atoms with Gasteiger partial charge in [0.25, 0.3) is 0 Å². The van der Waals surface area contributed by atoms with Gasteiger partial charge >= 0.3 is 12.0 Å². The molecule has 1 N–H and O–H groups in total. The highest BCUT2D eigenvalue weighted by Crippen LogP contribution is 2.24. The van der Waals surface area contributed by atoms with Crippen molar-refractivity contribution in [3.63, 3.8) is 0 Å².